The molecule has 0 aliphatic rings. The molecule has 0 aliphatic carbocycles. The van der Waals surface area contributed by atoms with Gasteiger partial charge in [0, 0.05) is 6.07 Å². The fourth-order valence-corrected chi connectivity index (χ4v) is 2.19. The number of nitro groups is 1. The Bertz CT molecular complexity index is 775. The number of anilines is 1. The quantitative estimate of drug-likeness (QED) is 0.406. The zero-order valence-electron chi connectivity index (χ0n) is 15.1. The molecule has 0 heterocycles. The first-order valence-corrected chi connectivity index (χ1v) is 8.34. The second-order valence-electron chi connectivity index (χ2n) is 6.09. The average Bonchev–Trinajstić information content (AvgIpc) is 2.62. The Labute approximate surface area is 152 Å². The summed E-state index contributed by atoms with van der Waals surface area (Å²) < 4.78 is 11.1. The largest absolute Gasteiger partial charge is 0.493 e. The van der Waals surface area contributed by atoms with Crippen LogP contribution in [0.2, 0.25) is 0 Å². The molecule has 7 heteroatoms. The fraction of sp³-hybridized carbons (Fsp3) is 0.316. The van der Waals surface area contributed by atoms with Crippen molar-refractivity contribution in [3.05, 3.63) is 58.1 Å². The number of nitrogens with one attached hydrogen (secondary N) is 1. The number of nitrogens with zero attached hydrogens (tertiary/aromatic N) is 2. The van der Waals surface area contributed by atoms with Gasteiger partial charge in [-0.15, -0.1) is 0 Å². The number of benzene rings is 2. The minimum Gasteiger partial charge on any atom is -0.493 e. The van der Waals surface area contributed by atoms with Gasteiger partial charge in [0.25, 0.3) is 5.69 Å². The molecule has 2 aromatic rings. The molecule has 0 saturated heterocycles. The maximum absolute atomic E-state index is 11.0. The Morgan fingerprint density at radius 3 is 2.69 bits per heavy atom. The number of hydrazone groups is 1. The van der Waals surface area contributed by atoms with Crippen molar-refractivity contribution in [1.29, 1.82) is 0 Å². The lowest BCUT2D eigenvalue weighted by atomic mass is 10.1. The van der Waals surface area contributed by atoms with Gasteiger partial charge < -0.3 is 9.47 Å². The van der Waals surface area contributed by atoms with Crippen molar-refractivity contribution in [3.8, 4) is 11.5 Å². The number of rotatable bonds is 9. The molecular formula is C19H23N3O4. The first-order chi connectivity index (χ1) is 12.5. The Hall–Kier alpha value is -3.09. The average molecular weight is 357 g/mol. The summed E-state index contributed by atoms with van der Waals surface area (Å²) in [5.74, 6) is 1.86. The third-order valence-electron chi connectivity index (χ3n) is 3.64. The van der Waals surface area contributed by atoms with Crippen LogP contribution >= 0.6 is 0 Å². The molecule has 0 bridgehead atoms. The molecule has 0 atom stereocenters. The van der Waals surface area contributed by atoms with E-state index in [2.05, 4.69) is 24.4 Å². The van der Waals surface area contributed by atoms with E-state index in [1.54, 1.807) is 37.6 Å². The van der Waals surface area contributed by atoms with Crippen molar-refractivity contribution >= 4 is 17.6 Å². The third kappa shape index (κ3) is 5.47. The predicted molar refractivity (Wildman–Crippen MR) is 102 cm³/mol. The van der Waals surface area contributed by atoms with Gasteiger partial charge in [-0.25, -0.2) is 0 Å². The van der Waals surface area contributed by atoms with Gasteiger partial charge in [-0.05, 0) is 42.2 Å². The molecule has 0 unspecified atom stereocenters. The van der Waals surface area contributed by atoms with Gasteiger partial charge in [-0.3, -0.25) is 15.5 Å². The first kappa shape index (κ1) is 19.2. The van der Waals surface area contributed by atoms with Crippen LogP contribution < -0.4 is 14.9 Å². The summed E-state index contributed by atoms with van der Waals surface area (Å²) >= 11 is 0. The van der Waals surface area contributed by atoms with Crippen LogP contribution in [0.3, 0.4) is 0 Å². The second-order valence-corrected chi connectivity index (χ2v) is 6.09. The normalized spacial score (nSPS) is 10.9. The number of hydrogen-bond acceptors (Lipinski definition) is 6. The molecule has 0 aromatic heterocycles. The van der Waals surface area contributed by atoms with E-state index in [1.807, 2.05) is 12.1 Å². The molecule has 7 nitrogen and oxygen atoms in total. The Kier molecular flexibility index (Phi) is 6.96. The van der Waals surface area contributed by atoms with E-state index < -0.39 is 4.92 Å². The number of hydrogen-bond donors (Lipinski definition) is 1. The van der Waals surface area contributed by atoms with E-state index in [-0.39, 0.29) is 5.69 Å². The second kappa shape index (κ2) is 9.41. The summed E-state index contributed by atoms with van der Waals surface area (Å²) in [6.45, 7) is 4.91. The van der Waals surface area contributed by atoms with Crippen molar-refractivity contribution in [1.82, 2.24) is 0 Å². The molecule has 0 amide bonds. The highest BCUT2D eigenvalue weighted by Crippen LogP contribution is 2.28. The van der Waals surface area contributed by atoms with Crippen LogP contribution in [0, 0.1) is 16.0 Å². The van der Waals surface area contributed by atoms with E-state index in [1.165, 1.54) is 6.07 Å². The highest BCUT2D eigenvalue weighted by molar-refractivity contribution is 5.81. The highest BCUT2D eigenvalue weighted by Gasteiger charge is 2.11. The lowest BCUT2D eigenvalue weighted by Gasteiger charge is -2.12. The van der Waals surface area contributed by atoms with Crippen molar-refractivity contribution in [2.45, 2.75) is 20.3 Å². The molecular weight excluding hydrogens is 334 g/mol. The van der Waals surface area contributed by atoms with Crippen LogP contribution in [0.15, 0.2) is 47.6 Å². The monoisotopic (exact) mass is 357 g/mol. The van der Waals surface area contributed by atoms with Crippen LogP contribution in [0.4, 0.5) is 11.4 Å². The van der Waals surface area contributed by atoms with Crippen molar-refractivity contribution in [2.24, 2.45) is 11.0 Å². The summed E-state index contributed by atoms with van der Waals surface area (Å²) in [7, 11) is 1.58. The van der Waals surface area contributed by atoms with Crippen LogP contribution in [0.25, 0.3) is 0 Å². The predicted octanol–water partition coefficient (Wildman–Crippen LogP) is 4.47. The number of methoxy groups -OCH3 is 1. The van der Waals surface area contributed by atoms with Crippen molar-refractivity contribution < 1.29 is 14.4 Å². The van der Waals surface area contributed by atoms with Gasteiger partial charge in [0.15, 0.2) is 11.5 Å². The zero-order valence-corrected chi connectivity index (χ0v) is 15.1. The van der Waals surface area contributed by atoms with E-state index in [0.29, 0.717) is 29.7 Å². The van der Waals surface area contributed by atoms with Crippen LogP contribution in [-0.4, -0.2) is 24.9 Å². The number of ether oxygens (including phenoxy) is 2. The summed E-state index contributed by atoms with van der Waals surface area (Å²) in [4.78, 5) is 10.5. The molecule has 1 N–H and O–H groups in total. The molecule has 2 aromatic carbocycles. The molecule has 0 saturated carbocycles. The van der Waals surface area contributed by atoms with Crippen LogP contribution in [0.5, 0.6) is 11.5 Å². The molecule has 2 rings (SSSR count). The Morgan fingerprint density at radius 2 is 2.00 bits per heavy atom. The third-order valence-corrected chi connectivity index (χ3v) is 3.64. The van der Waals surface area contributed by atoms with Crippen molar-refractivity contribution in [3.63, 3.8) is 0 Å². The number of para-hydroxylation sites is 2. The lowest BCUT2D eigenvalue weighted by molar-refractivity contribution is -0.384. The first-order valence-electron chi connectivity index (χ1n) is 8.34. The summed E-state index contributed by atoms with van der Waals surface area (Å²) in [6, 6.07) is 11.8. The SMILES string of the molecule is COc1cc(/C=N/Nc2ccccc2[N+](=O)[O-])ccc1OCCC(C)C. The highest BCUT2D eigenvalue weighted by atomic mass is 16.6. The van der Waals surface area contributed by atoms with Gasteiger partial charge in [-0.2, -0.15) is 5.10 Å². The maximum atomic E-state index is 11.0. The minimum atomic E-state index is -0.454. The smallest absolute Gasteiger partial charge is 0.294 e. The van der Waals surface area contributed by atoms with Crippen LogP contribution in [0.1, 0.15) is 25.8 Å². The maximum Gasteiger partial charge on any atom is 0.294 e. The fourth-order valence-electron chi connectivity index (χ4n) is 2.19. The van der Waals surface area contributed by atoms with Gasteiger partial charge in [-0.1, -0.05) is 26.0 Å². The van der Waals surface area contributed by atoms with Gasteiger partial charge in [0.2, 0.25) is 0 Å². The molecule has 0 fully saturated rings. The standard InChI is InChI=1S/C19H23N3O4/c1-14(2)10-11-26-18-9-8-15(12-19(18)25-3)13-20-21-16-6-4-5-7-17(16)22(23)24/h4-9,12-14,21H,10-11H2,1-3H3/b20-13+. The van der Waals surface area contributed by atoms with E-state index in [0.717, 1.165) is 12.0 Å². The van der Waals surface area contributed by atoms with E-state index >= 15 is 0 Å². The minimum absolute atomic E-state index is 0.0314. The van der Waals surface area contributed by atoms with Gasteiger partial charge >= 0.3 is 0 Å². The van der Waals surface area contributed by atoms with Gasteiger partial charge in [0.1, 0.15) is 5.69 Å². The summed E-state index contributed by atoms with van der Waals surface area (Å²) in [5, 5.41) is 15.1. The van der Waals surface area contributed by atoms with Gasteiger partial charge in [0.05, 0.1) is 24.9 Å². The van der Waals surface area contributed by atoms with E-state index in [9.17, 15) is 10.1 Å². The zero-order chi connectivity index (χ0) is 18.9. The summed E-state index contributed by atoms with van der Waals surface area (Å²) in [5.41, 5.74) is 3.78. The molecule has 0 aliphatic heterocycles. The molecule has 138 valence electrons. The Balaban J connectivity index is 2.05. The molecule has 0 radical (unpaired) electrons. The number of nitro benzene ring substituents is 1. The molecule has 26 heavy (non-hydrogen) atoms. The van der Waals surface area contributed by atoms with E-state index in [4.69, 9.17) is 9.47 Å². The lowest BCUT2D eigenvalue weighted by Crippen LogP contribution is -2.03. The molecule has 0 spiro atoms. The Morgan fingerprint density at radius 1 is 1.23 bits per heavy atom. The topological polar surface area (TPSA) is 86.0 Å². The van der Waals surface area contributed by atoms with Crippen LogP contribution in [-0.2, 0) is 0 Å². The summed E-state index contributed by atoms with van der Waals surface area (Å²) in [6.07, 6.45) is 2.53. The van der Waals surface area contributed by atoms with Crippen molar-refractivity contribution in [2.75, 3.05) is 19.1 Å².